The third kappa shape index (κ3) is 3.52. The van der Waals surface area contributed by atoms with Crippen LogP contribution in [-0.4, -0.2) is 10.9 Å². The van der Waals surface area contributed by atoms with Crippen molar-refractivity contribution in [1.29, 1.82) is 0 Å². The van der Waals surface area contributed by atoms with Crippen LogP contribution in [0, 0.1) is 0 Å². The SMILES string of the molecule is C/C=C/CCc1cc(C(=O)NN)ccn1. The maximum atomic E-state index is 11.2. The lowest BCUT2D eigenvalue weighted by molar-refractivity contribution is 0.0953. The van der Waals surface area contributed by atoms with Gasteiger partial charge in [-0.05, 0) is 31.9 Å². The molecule has 0 bridgehead atoms. The summed E-state index contributed by atoms with van der Waals surface area (Å²) in [6.45, 7) is 1.98. The molecular formula is C11H15N3O. The molecule has 1 aromatic rings. The first-order chi connectivity index (χ1) is 7.27. The predicted molar refractivity (Wildman–Crippen MR) is 59.0 cm³/mol. The quantitative estimate of drug-likeness (QED) is 0.336. The summed E-state index contributed by atoms with van der Waals surface area (Å²) < 4.78 is 0. The number of allylic oxidation sites excluding steroid dienone is 2. The minimum atomic E-state index is -0.287. The van der Waals surface area contributed by atoms with E-state index in [4.69, 9.17) is 5.84 Å². The van der Waals surface area contributed by atoms with Crippen LogP contribution in [0.3, 0.4) is 0 Å². The minimum Gasteiger partial charge on any atom is -0.290 e. The standard InChI is InChI=1S/C11H15N3O/c1-2-3-4-5-10-8-9(6-7-13-10)11(15)14-12/h2-3,6-8H,4-5,12H2,1H3,(H,14,15)/b3-2+. The number of nitrogens with zero attached hydrogens (tertiary/aromatic N) is 1. The number of aromatic nitrogens is 1. The van der Waals surface area contributed by atoms with E-state index in [0.717, 1.165) is 18.5 Å². The Morgan fingerprint density at radius 2 is 2.47 bits per heavy atom. The van der Waals surface area contributed by atoms with E-state index in [9.17, 15) is 4.79 Å². The van der Waals surface area contributed by atoms with Crippen molar-refractivity contribution in [2.24, 2.45) is 5.84 Å². The summed E-state index contributed by atoms with van der Waals surface area (Å²) in [5.74, 6) is 4.76. The average molecular weight is 205 g/mol. The number of pyridine rings is 1. The van der Waals surface area contributed by atoms with Gasteiger partial charge in [0.2, 0.25) is 0 Å². The first kappa shape index (κ1) is 11.4. The maximum absolute atomic E-state index is 11.2. The summed E-state index contributed by atoms with van der Waals surface area (Å²) in [5, 5.41) is 0. The van der Waals surface area contributed by atoms with Gasteiger partial charge in [-0.25, -0.2) is 5.84 Å². The lowest BCUT2D eigenvalue weighted by Crippen LogP contribution is -2.30. The molecule has 1 heterocycles. The van der Waals surface area contributed by atoms with Crippen LogP contribution in [0.2, 0.25) is 0 Å². The molecule has 0 saturated carbocycles. The summed E-state index contributed by atoms with van der Waals surface area (Å²) in [4.78, 5) is 15.4. The van der Waals surface area contributed by atoms with Gasteiger partial charge in [-0.3, -0.25) is 15.2 Å². The predicted octanol–water partition coefficient (Wildman–Crippen LogP) is 1.19. The number of carbonyl (C=O) groups is 1. The van der Waals surface area contributed by atoms with E-state index >= 15 is 0 Å². The van der Waals surface area contributed by atoms with E-state index in [2.05, 4.69) is 16.5 Å². The molecule has 0 atom stereocenters. The zero-order valence-corrected chi connectivity index (χ0v) is 8.73. The van der Waals surface area contributed by atoms with Gasteiger partial charge in [0.25, 0.3) is 5.91 Å². The van der Waals surface area contributed by atoms with Gasteiger partial charge in [0.15, 0.2) is 0 Å². The highest BCUT2D eigenvalue weighted by molar-refractivity contribution is 5.93. The van der Waals surface area contributed by atoms with Gasteiger partial charge in [0.1, 0.15) is 0 Å². The second-order valence-electron chi connectivity index (χ2n) is 3.12. The summed E-state index contributed by atoms with van der Waals surface area (Å²) >= 11 is 0. The largest absolute Gasteiger partial charge is 0.290 e. The molecule has 0 spiro atoms. The average Bonchev–Trinajstić information content (AvgIpc) is 2.29. The van der Waals surface area contributed by atoms with Crippen LogP contribution in [0.4, 0.5) is 0 Å². The van der Waals surface area contributed by atoms with Gasteiger partial charge in [0, 0.05) is 17.5 Å². The second kappa shape index (κ2) is 5.93. The lowest BCUT2D eigenvalue weighted by atomic mass is 10.1. The molecule has 0 fully saturated rings. The minimum absolute atomic E-state index is 0.287. The lowest BCUT2D eigenvalue weighted by Gasteiger charge is -2.01. The van der Waals surface area contributed by atoms with Crippen molar-refractivity contribution in [3.05, 3.63) is 41.7 Å². The maximum Gasteiger partial charge on any atom is 0.265 e. The smallest absolute Gasteiger partial charge is 0.265 e. The fraction of sp³-hybridized carbons (Fsp3) is 0.273. The van der Waals surface area contributed by atoms with Gasteiger partial charge in [-0.1, -0.05) is 12.2 Å². The molecule has 0 aliphatic rings. The van der Waals surface area contributed by atoms with Crippen LogP contribution >= 0.6 is 0 Å². The van der Waals surface area contributed by atoms with Gasteiger partial charge in [0.05, 0.1) is 0 Å². The van der Waals surface area contributed by atoms with Crippen molar-refractivity contribution in [1.82, 2.24) is 10.4 Å². The molecule has 80 valence electrons. The molecule has 0 aliphatic carbocycles. The van der Waals surface area contributed by atoms with Crippen LogP contribution < -0.4 is 11.3 Å². The molecule has 0 aromatic carbocycles. The summed E-state index contributed by atoms with van der Waals surface area (Å²) in [5.41, 5.74) is 3.54. The van der Waals surface area contributed by atoms with Gasteiger partial charge >= 0.3 is 0 Å². The fourth-order valence-corrected chi connectivity index (χ4v) is 1.24. The van der Waals surface area contributed by atoms with Crippen molar-refractivity contribution in [2.75, 3.05) is 0 Å². The monoisotopic (exact) mass is 205 g/mol. The van der Waals surface area contributed by atoms with Crippen molar-refractivity contribution in [3.8, 4) is 0 Å². The topological polar surface area (TPSA) is 68.0 Å². The number of carbonyl (C=O) groups excluding carboxylic acids is 1. The number of hydrazine groups is 1. The Balaban J connectivity index is 2.69. The Labute approximate surface area is 89.2 Å². The van der Waals surface area contributed by atoms with Crippen LogP contribution in [0.1, 0.15) is 29.4 Å². The van der Waals surface area contributed by atoms with E-state index in [1.807, 2.05) is 13.0 Å². The highest BCUT2D eigenvalue weighted by Crippen LogP contribution is 2.04. The number of nitrogen functional groups attached to an aromatic ring is 1. The molecule has 0 saturated heterocycles. The highest BCUT2D eigenvalue weighted by Gasteiger charge is 2.03. The number of nitrogens with one attached hydrogen (secondary N) is 1. The van der Waals surface area contributed by atoms with Crippen molar-refractivity contribution in [3.63, 3.8) is 0 Å². The highest BCUT2D eigenvalue weighted by atomic mass is 16.2. The van der Waals surface area contributed by atoms with E-state index in [1.54, 1.807) is 18.3 Å². The van der Waals surface area contributed by atoms with Crippen molar-refractivity contribution >= 4 is 5.91 Å². The van der Waals surface area contributed by atoms with Crippen molar-refractivity contribution < 1.29 is 4.79 Å². The summed E-state index contributed by atoms with van der Waals surface area (Å²) in [7, 11) is 0. The third-order valence-corrected chi connectivity index (χ3v) is 2.01. The zero-order chi connectivity index (χ0) is 11.1. The Bertz CT molecular complexity index is 361. The molecular weight excluding hydrogens is 190 g/mol. The molecule has 1 amide bonds. The summed E-state index contributed by atoms with van der Waals surface area (Å²) in [6, 6.07) is 3.40. The number of rotatable bonds is 4. The Morgan fingerprint density at radius 3 is 3.13 bits per heavy atom. The van der Waals surface area contributed by atoms with Crippen LogP contribution in [0.5, 0.6) is 0 Å². The first-order valence-electron chi connectivity index (χ1n) is 4.85. The normalized spacial score (nSPS) is 10.5. The molecule has 4 nitrogen and oxygen atoms in total. The Hall–Kier alpha value is -1.68. The third-order valence-electron chi connectivity index (χ3n) is 2.01. The second-order valence-corrected chi connectivity index (χ2v) is 3.12. The van der Waals surface area contributed by atoms with Crippen LogP contribution in [-0.2, 0) is 6.42 Å². The van der Waals surface area contributed by atoms with Crippen LogP contribution in [0.25, 0.3) is 0 Å². The van der Waals surface area contributed by atoms with E-state index in [0.29, 0.717) is 5.56 Å². The zero-order valence-electron chi connectivity index (χ0n) is 8.73. The van der Waals surface area contributed by atoms with Crippen molar-refractivity contribution in [2.45, 2.75) is 19.8 Å². The Kier molecular flexibility index (Phi) is 4.50. The van der Waals surface area contributed by atoms with Crippen LogP contribution in [0.15, 0.2) is 30.5 Å². The van der Waals surface area contributed by atoms with Gasteiger partial charge in [-0.2, -0.15) is 0 Å². The molecule has 1 rings (SSSR count). The molecule has 0 unspecified atom stereocenters. The molecule has 15 heavy (non-hydrogen) atoms. The summed E-state index contributed by atoms with van der Waals surface area (Å²) in [6.07, 6.45) is 7.44. The fourth-order valence-electron chi connectivity index (χ4n) is 1.24. The van der Waals surface area contributed by atoms with Gasteiger partial charge in [-0.15, -0.1) is 0 Å². The Morgan fingerprint density at radius 1 is 1.67 bits per heavy atom. The number of aryl methyl sites for hydroxylation is 1. The van der Waals surface area contributed by atoms with E-state index < -0.39 is 0 Å². The number of hydrogen-bond acceptors (Lipinski definition) is 3. The first-order valence-corrected chi connectivity index (χ1v) is 4.85. The molecule has 0 aliphatic heterocycles. The van der Waals surface area contributed by atoms with Gasteiger partial charge < -0.3 is 0 Å². The molecule has 4 heteroatoms. The van der Waals surface area contributed by atoms with E-state index in [1.165, 1.54) is 0 Å². The number of amides is 1. The number of nitrogens with two attached hydrogens (primary N) is 1. The molecule has 3 N–H and O–H groups in total. The molecule has 0 radical (unpaired) electrons. The molecule has 1 aromatic heterocycles. The number of hydrogen-bond donors (Lipinski definition) is 2. The van der Waals surface area contributed by atoms with E-state index in [-0.39, 0.29) is 5.91 Å².